The molecule has 116 valence electrons. The van der Waals surface area contributed by atoms with E-state index >= 15 is 0 Å². The molecule has 1 amide bonds. The predicted octanol–water partition coefficient (Wildman–Crippen LogP) is 1.96. The molecule has 6 heteroatoms. The van der Waals surface area contributed by atoms with Crippen molar-refractivity contribution in [1.29, 1.82) is 0 Å². The number of carbonyl (C=O) groups is 2. The summed E-state index contributed by atoms with van der Waals surface area (Å²) in [7, 11) is 2.78. The summed E-state index contributed by atoms with van der Waals surface area (Å²) in [6.07, 6.45) is 0. The maximum absolute atomic E-state index is 13.8. The molecule has 21 heavy (non-hydrogen) atoms. The van der Waals surface area contributed by atoms with Gasteiger partial charge in [-0.15, -0.1) is 0 Å². The lowest BCUT2D eigenvalue weighted by atomic mass is 10.0. The highest BCUT2D eigenvalue weighted by Gasteiger charge is 2.35. The fraction of sp³-hybridized carbons (Fsp3) is 0.467. The molecule has 5 nitrogen and oxygen atoms in total. The number of amides is 1. The summed E-state index contributed by atoms with van der Waals surface area (Å²) in [6.45, 7) is 5.67. The van der Waals surface area contributed by atoms with Crippen LogP contribution < -0.4 is 10.2 Å². The molecular formula is C15H21FN2O3. The number of hydrogen-bond acceptors (Lipinski definition) is 4. The van der Waals surface area contributed by atoms with Gasteiger partial charge in [0.05, 0.1) is 7.11 Å². The number of nitrogens with one attached hydrogen (secondary N) is 1. The summed E-state index contributed by atoms with van der Waals surface area (Å²) in [5.74, 6) is -1.36. The molecule has 1 aromatic carbocycles. The zero-order valence-electron chi connectivity index (χ0n) is 13.0. The Kier molecular flexibility index (Phi) is 5.29. The van der Waals surface area contributed by atoms with Crippen LogP contribution in [0.3, 0.4) is 0 Å². The second-order valence-corrected chi connectivity index (χ2v) is 5.07. The average molecular weight is 296 g/mol. The first kappa shape index (κ1) is 16.9. The molecule has 0 saturated carbocycles. The molecule has 0 heterocycles. The maximum Gasteiger partial charge on any atom is 0.331 e. The Morgan fingerprint density at radius 3 is 2.43 bits per heavy atom. The lowest BCUT2D eigenvalue weighted by molar-refractivity contribution is -0.145. The van der Waals surface area contributed by atoms with E-state index in [-0.39, 0.29) is 11.5 Å². The number of ether oxygens (including phenoxy) is 1. The monoisotopic (exact) mass is 296 g/mol. The highest BCUT2D eigenvalue weighted by molar-refractivity contribution is 5.95. The smallest absolute Gasteiger partial charge is 0.331 e. The van der Waals surface area contributed by atoms with Crippen LogP contribution in [0, 0.1) is 5.82 Å². The lowest BCUT2D eigenvalue weighted by Gasteiger charge is -2.37. The van der Waals surface area contributed by atoms with Crippen LogP contribution in [0.15, 0.2) is 18.2 Å². The summed E-state index contributed by atoms with van der Waals surface area (Å²) in [4.78, 5) is 25.3. The number of benzene rings is 1. The van der Waals surface area contributed by atoms with Gasteiger partial charge in [-0.2, -0.15) is 0 Å². The SMILES string of the molecule is CCN(c1cc(F)cc(C(=O)NC)c1)C(C)(C)C(=O)OC. The molecule has 0 unspecified atom stereocenters. The Morgan fingerprint density at radius 1 is 1.33 bits per heavy atom. The second-order valence-electron chi connectivity index (χ2n) is 5.07. The van der Waals surface area contributed by atoms with E-state index in [9.17, 15) is 14.0 Å². The largest absolute Gasteiger partial charge is 0.467 e. The Hall–Kier alpha value is -2.11. The van der Waals surface area contributed by atoms with Crippen LogP contribution >= 0.6 is 0 Å². The predicted molar refractivity (Wildman–Crippen MR) is 78.9 cm³/mol. The maximum atomic E-state index is 13.8. The van der Waals surface area contributed by atoms with Crippen molar-refractivity contribution in [1.82, 2.24) is 5.32 Å². The molecule has 0 radical (unpaired) electrons. The minimum Gasteiger partial charge on any atom is -0.467 e. The normalized spacial score (nSPS) is 11.0. The van der Waals surface area contributed by atoms with Crippen molar-refractivity contribution in [3.8, 4) is 0 Å². The van der Waals surface area contributed by atoms with E-state index in [4.69, 9.17) is 4.74 Å². The molecule has 0 aliphatic heterocycles. The molecule has 0 bridgehead atoms. The summed E-state index contributed by atoms with van der Waals surface area (Å²) < 4.78 is 18.6. The van der Waals surface area contributed by atoms with Crippen LogP contribution in [0.25, 0.3) is 0 Å². The molecule has 1 N–H and O–H groups in total. The van der Waals surface area contributed by atoms with Crippen molar-refractivity contribution >= 4 is 17.6 Å². The number of likely N-dealkylation sites (N-methyl/N-ethyl adjacent to an activating group) is 1. The standard InChI is InChI=1S/C15H21FN2O3/c1-6-18(15(2,3)14(20)21-5)12-8-10(13(19)17-4)7-11(16)9-12/h7-9H,6H2,1-5H3,(H,17,19). The highest BCUT2D eigenvalue weighted by Crippen LogP contribution is 2.27. The van der Waals surface area contributed by atoms with E-state index in [1.54, 1.807) is 24.8 Å². The third-order valence-corrected chi connectivity index (χ3v) is 3.36. The fourth-order valence-corrected chi connectivity index (χ4v) is 2.27. The lowest BCUT2D eigenvalue weighted by Crippen LogP contribution is -2.51. The van der Waals surface area contributed by atoms with E-state index in [1.165, 1.54) is 20.2 Å². The average Bonchev–Trinajstić information content (AvgIpc) is 2.45. The van der Waals surface area contributed by atoms with Gasteiger partial charge in [0.15, 0.2) is 0 Å². The number of carbonyl (C=O) groups excluding carboxylic acids is 2. The second kappa shape index (κ2) is 6.56. The van der Waals surface area contributed by atoms with Crippen molar-refractivity contribution in [3.05, 3.63) is 29.6 Å². The van der Waals surface area contributed by atoms with Crippen LogP contribution in [0.5, 0.6) is 0 Å². The third-order valence-electron chi connectivity index (χ3n) is 3.36. The number of nitrogens with zero attached hydrogens (tertiary/aromatic N) is 1. The fourth-order valence-electron chi connectivity index (χ4n) is 2.27. The summed E-state index contributed by atoms with van der Waals surface area (Å²) in [5.41, 5.74) is -0.324. The van der Waals surface area contributed by atoms with E-state index in [1.807, 2.05) is 6.92 Å². The van der Waals surface area contributed by atoms with E-state index in [2.05, 4.69) is 5.32 Å². The number of anilines is 1. The summed E-state index contributed by atoms with van der Waals surface area (Å²) >= 11 is 0. The minimum absolute atomic E-state index is 0.201. The summed E-state index contributed by atoms with van der Waals surface area (Å²) in [5, 5.41) is 2.45. The van der Waals surface area contributed by atoms with Crippen molar-refractivity contribution in [2.24, 2.45) is 0 Å². The van der Waals surface area contributed by atoms with Gasteiger partial charge in [-0.25, -0.2) is 9.18 Å². The zero-order valence-corrected chi connectivity index (χ0v) is 13.0. The number of rotatable bonds is 5. The zero-order chi connectivity index (χ0) is 16.2. The van der Waals surface area contributed by atoms with Gasteiger partial charge >= 0.3 is 5.97 Å². The molecular weight excluding hydrogens is 275 g/mol. The Bertz CT molecular complexity index is 544. The number of halogens is 1. The van der Waals surface area contributed by atoms with Crippen LogP contribution in [0.1, 0.15) is 31.1 Å². The molecule has 1 aromatic rings. The van der Waals surface area contributed by atoms with Crippen molar-refractivity contribution in [3.63, 3.8) is 0 Å². The van der Waals surface area contributed by atoms with Gasteiger partial charge in [-0.3, -0.25) is 4.79 Å². The van der Waals surface area contributed by atoms with Crippen LogP contribution in [0.4, 0.5) is 10.1 Å². The number of methoxy groups -OCH3 is 1. The Morgan fingerprint density at radius 2 is 1.95 bits per heavy atom. The van der Waals surface area contributed by atoms with E-state index in [0.29, 0.717) is 12.2 Å². The highest BCUT2D eigenvalue weighted by atomic mass is 19.1. The van der Waals surface area contributed by atoms with Crippen LogP contribution in [-0.4, -0.2) is 38.1 Å². The number of esters is 1. The van der Waals surface area contributed by atoms with Crippen molar-refractivity contribution in [2.45, 2.75) is 26.3 Å². The molecule has 0 atom stereocenters. The van der Waals surface area contributed by atoms with E-state index < -0.39 is 17.3 Å². The molecule has 0 aliphatic carbocycles. The first-order chi connectivity index (χ1) is 9.77. The summed E-state index contributed by atoms with van der Waals surface area (Å²) in [6, 6.07) is 4.00. The van der Waals surface area contributed by atoms with Crippen molar-refractivity contribution in [2.75, 3.05) is 25.6 Å². The Balaban J connectivity index is 3.32. The van der Waals surface area contributed by atoms with Crippen LogP contribution in [-0.2, 0) is 9.53 Å². The van der Waals surface area contributed by atoms with Gasteiger partial charge in [0.1, 0.15) is 11.4 Å². The van der Waals surface area contributed by atoms with Gasteiger partial charge in [-0.1, -0.05) is 0 Å². The topological polar surface area (TPSA) is 58.6 Å². The van der Waals surface area contributed by atoms with Crippen molar-refractivity contribution < 1.29 is 18.7 Å². The van der Waals surface area contributed by atoms with Gasteiger partial charge in [0.2, 0.25) is 0 Å². The molecule has 0 spiro atoms. The Labute approximate surface area is 124 Å². The van der Waals surface area contributed by atoms with Gasteiger partial charge in [0, 0.05) is 24.8 Å². The molecule has 0 aromatic heterocycles. The quantitative estimate of drug-likeness (QED) is 0.844. The van der Waals surface area contributed by atoms with E-state index in [0.717, 1.165) is 6.07 Å². The first-order valence-electron chi connectivity index (χ1n) is 6.66. The minimum atomic E-state index is -0.975. The van der Waals surface area contributed by atoms with Gasteiger partial charge < -0.3 is 15.0 Å². The molecule has 0 saturated heterocycles. The van der Waals surface area contributed by atoms with Crippen LogP contribution in [0.2, 0.25) is 0 Å². The van der Waals surface area contributed by atoms with Gasteiger partial charge in [-0.05, 0) is 39.0 Å². The molecule has 0 aliphatic rings. The third kappa shape index (κ3) is 3.51. The first-order valence-corrected chi connectivity index (χ1v) is 6.66. The molecule has 1 rings (SSSR count). The molecule has 0 fully saturated rings. The van der Waals surface area contributed by atoms with Gasteiger partial charge in [0.25, 0.3) is 5.91 Å². The number of hydrogen-bond donors (Lipinski definition) is 1.